The van der Waals surface area contributed by atoms with Gasteiger partial charge in [-0.1, -0.05) is 0 Å². The first-order valence-electron chi connectivity index (χ1n) is 5.95. The van der Waals surface area contributed by atoms with Gasteiger partial charge in [0.15, 0.2) is 17.6 Å². The lowest BCUT2D eigenvalue weighted by atomic mass is 10.2. The Morgan fingerprint density at radius 1 is 1.53 bits per heavy atom. The number of aliphatic hydroxyl groups excluding tert-OH is 1. The van der Waals surface area contributed by atoms with Gasteiger partial charge in [-0.2, -0.15) is 0 Å². The maximum atomic E-state index is 11.6. The van der Waals surface area contributed by atoms with Gasteiger partial charge in [-0.05, 0) is 47.5 Å². The quantitative estimate of drug-likeness (QED) is 0.834. The number of hydrogen-bond donors (Lipinski definition) is 2. The third-order valence-corrected chi connectivity index (χ3v) is 3.08. The number of methoxy groups -OCH3 is 1. The number of halogens is 1. The number of aliphatic hydroxyl groups is 1. The minimum Gasteiger partial charge on any atom is -0.493 e. The minimum atomic E-state index is -0.634. The fourth-order valence-corrected chi connectivity index (χ4v) is 2.11. The van der Waals surface area contributed by atoms with Crippen molar-refractivity contribution in [1.82, 2.24) is 5.32 Å². The maximum absolute atomic E-state index is 11.6. The van der Waals surface area contributed by atoms with Crippen LogP contribution in [0.3, 0.4) is 0 Å². The van der Waals surface area contributed by atoms with Gasteiger partial charge in [0, 0.05) is 6.54 Å². The highest BCUT2D eigenvalue weighted by atomic mass is 79.9. The van der Waals surface area contributed by atoms with Gasteiger partial charge in [-0.15, -0.1) is 0 Å². The van der Waals surface area contributed by atoms with Crippen molar-refractivity contribution in [2.75, 3.05) is 13.7 Å². The Morgan fingerprint density at radius 2 is 2.21 bits per heavy atom. The lowest BCUT2D eigenvalue weighted by Gasteiger charge is -2.18. The zero-order chi connectivity index (χ0) is 14.4. The molecule has 1 unspecified atom stereocenters. The van der Waals surface area contributed by atoms with E-state index in [4.69, 9.17) is 14.6 Å². The monoisotopic (exact) mass is 331 g/mol. The van der Waals surface area contributed by atoms with Gasteiger partial charge in [0.05, 0.1) is 18.2 Å². The van der Waals surface area contributed by atoms with Crippen LogP contribution in [-0.4, -0.2) is 30.8 Å². The molecule has 0 saturated heterocycles. The van der Waals surface area contributed by atoms with Gasteiger partial charge >= 0.3 is 0 Å². The number of carbonyl (C=O) groups is 1. The topological polar surface area (TPSA) is 67.8 Å². The van der Waals surface area contributed by atoms with E-state index in [9.17, 15) is 4.79 Å². The van der Waals surface area contributed by atoms with Crippen molar-refractivity contribution in [2.45, 2.75) is 26.6 Å². The van der Waals surface area contributed by atoms with E-state index in [2.05, 4.69) is 21.2 Å². The van der Waals surface area contributed by atoms with E-state index in [0.717, 1.165) is 0 Å². The fourth-order valence-electron chi connectivity index (χ4n) is 1.53. The predicted octanol–water partition coefficient (Wildman–Crippen LogP) is 1.85. The van der Waals surface area contributed by atoms with Crippen LogP contribution in [0.15, 0.2) is 16.6 Å². The van der Waals surface area contributed by atoms with Crippen molar-refractivity contribution in [2.24, 2.45) is 0 Å². The van der Waals surface area contributed by atoms with Gasteiger partial charge < -0.3 is 19.9 Å². The van der Waals surface area contributed by atoms with E-state index in [-0.39, 0.29) is 12.5 Å². The molecule has 0 fully saturated rings. The second-order valence-electron chi connectivity index (χ2n) is 3.92. The molecule has 0 aromatic heterocycles. The molecule has 1 aromatic carbocycles. The molecule has 0 aliphatic rings. The molecule has 0 radical (unpaired) electrons. The highest BCUT2D eigenvalue weighted by Gasteiger charge is 2.19. The summed E-state index contributed by atoms with van der Waals surface area (Å²) in [5, 5.41) is 11.8. The van der Waals surface area contributed by atoms with Crippen molar-refractivity contribution in [3.05, 3.63) is 22.2 Å². The Balaban J connectivity index is 2.97. The molecule has 6 heteroatoms. The number of amides is 1. The number of ether oxygens (including phenoxy) is 2. The van der Waals surface area contributed by atoms with Gasteiger partial charge in [0.2, 0.25) is 0 Å². The molecule has 0 heterocycles. The third kappa shape index (κ3) is 4.11. The van der Waals surface area contributed by atoms with Crippen LogP contribution in [0.2, 0.25) is 0 Å². The first kappa shape index (κ1) is 15.8. The Kier molecular flexibility index (Phi) is 6.11. The van der Waals surface area contributed by atoms with Crippen LogP contribution in [0, 0.1) is 0 Å². The molecule has 106 valence electrons. The van der Waals surface area contributed by atoms with E-state index >= 15 is 0 Å². The molecule has 1 amide bonds. The van der Waals surface area contributed by atoms with Crippen molar-refractivity contribution in [3.63, 3.8) is 0 Å². The van der Waals surface area contributed by atoms with Crippen molar-refractivity contribution < 1.29 is 19.4 Å². The Morgan fingerprint density at radius 3 is 2.74 bits per heavy atom. The fraction of sp³-hybridized carbons (Fsp3) is 0.462. The SMILES string of the molecule is CCNC(=O)C(C)Oc1c(Br)cc(CO)cc1OC. The zero-order valence-electron chi connectivity index (χ0n) is 11.2. The maximum Gasteiger partial charge on any atom is 0.260 e. The second kappa shape index (κ2) is 7.35. The summed E-state index contributed by atoms with van der Waals surface area (Å²) >= 11 is 3.35. The highest BCUT2D eigenvalue weighted by Crippen LogP contribution is 2.37. The molecule has 0 saturated carbocycles. The molecule has 2 N–H and O–H groups in total. The lowest BCUT2D eigenvalue weighted by Crippen LogP contribution is -2.36. The lowest BCUT2D eigenvalue weighted by molar-refractivity contribution is -0.127. The van der Waals surface area contributed by atoms with E-state index in [0.29, 0.717) is 28.1 Å². The molecule has 0 spiro atoms. The van der Waals surface area contributed by atoms with Gasteiger partial charge in [-0.3, -0.25) is 4.79 Å². The Hall–Kier alpha value is -1.27. The predicted molar refractivity (Wildman–Crippen MR) is 75.4 cm³/mol. The van der Waals surface area contributed by atoms with Crippen molar-refractivity contribution in [1.29, 1.82) is 0 Å². The smallest absolute Gasteiger partial charge is 0.260 e. The van der Waals surface area contributed by atoms with Crippen LogP contribution in [-0.2, 0) is 11.4 Å². The number of likely N-dealkylation sites (N-methyl/N-ethyl adjacent to an activating group) is 1. The number of benzene rings is 1. The Labute approximate surface area is 121 Å². The summed E-state index contributed by atoms with van der Waals surface area (Å²) < 4.78 is 11.5. The normalized spacial score (nSPS) is 11.8. The molecule has 0 aliphatic heterocycles. The summed E-state index contributed by atoms with van der Waals surface area (Å²) in [5.41, 5.74) is 0.696. The van der Waals surface area contributed by atoms with Crippen LogP contribution >= 0.6 is 15.9 Å². The van der Waals surface area contributed by atoms with E-state index in [1.807, 2.05) is 6.92 Å². The number of nitrogens with one attached hydrogen (secondary N) is 1. The molecule has 5 nitrogen and oxygen atoms in total. The van der Waals surface area contributed by atoms with Crippen LogP contribution in [0.1, 0.15) is 19.4 Å². The van der Waals surface area contributed by atoms with E-state index in [1.54, 1.807) is 19.1 Å². The molecule has 19 heavy (non-hydrogen) atoms. The van der Waals surface area contributed by atoms with Crippen LogP contribution in [0.5, 0.6) is 11.5 Å². The first-order valence-corrected chi connectivity index (χ1v) is 6.74. The van der Waals surface area contributed by atoms with E-state index in [1.165, 1.54) is 7.11 Å². The van der Waals surface area contributed by atoms with E-state index < -0.39 is 6.10 Å². The molecular weight excluding hydrogens is 314 g/mol. The van der Waals surface area contributed by atoms with Crippen LogP contribution in [0.4, 0.5) is 0 Å². The minimum absolute atomic E-state index is 0.0961. The zero-order valence-corrected chi connectivity index (χ0v) is 12.8. The molecule has 1 atom stereocenters. The van der Waals surface area contributed by atoms with Crippen LogP contribution in [0.25, 0.3) is 0 Å². The highest BCUT2D eigenvalue weighted by molar-refractivity contribution is 9.10. The van der Waals surface area contributed by atoms with Gasteiger partial charge in [0.1, 0.15) is 0 Å². The molecular formula is C13H18BrNO4. The number of carbonyl (C=O) groups excluding carboxylic acids is 1. The number of rotatable bonds is 6. The summed E-state index contributed by atoms with van der Waals surface area (Å²) in [6.07, 6.45) is -0.634. The van der Waals surface area contributed by atoms with Crippen LogP contribution < -0.4 is 14.8 Å². The summed E-state index contributed by atoms with van der Waals surface area (Å²) in [6.45, 7) is 3.96. The average Bonchev–Trinajstić information content (AvgIpc) is 2.40. The third-order valence-electron chi connectivity index (χ3n) is 2.49. The largest absolute Gasteiger partial charge is 0.493 e. The summed E-state index contributed by atoms with van der Waals surface area (Å²) in [5.74, 6) is 0.718. The molecule has 0 bridgehead atoms. The molecule has 1 rings (SSSR count). The standard InChI is InChI=1S/C13H18BrNO4/c1-4-15-13(17)8(2)19-12-10(14)5-9(7-16)6-11(12)18-3/h5-6,8,16H,4,7H2,1-3H3,(H,15,17). The molecule has 0 aliphatic carbocycles. The average molecular weight is 332 g/mol. The molecule has 1 aromatic rings. The van der Waals surface area contributed by atoms with Crippen molar-refractivity contribution >= 4 is 21.8 Å². The summed E-state index contributed by atoms with van der Waals surface area (Å²) in [7, 11) is 1.51. The first-order chi connectivity index (χ1) is 9.03. The number of hydrogen-bond acceptors (Lipinski definition) is 4. The summed E-state index contributed by atoms with van der Waals surface area (Å²) in [6, 6.07) is 3.40. The summed E-state index contributed by atoms with van der Waals surface area (Å²) in [4.78, 5) is 11.6. The second-order valence-corrected chi connectivity index (χ2v) is 4.78. The van der Waals surface area contributed by atoms with Gasteiger partial charge in [0.25, 0.3) is 5.91 Å². The van der Waals surface area contributed by atoms with Gasteiger partial charge in [-0.25, -0.2) is 0 Å². The van der Waals surface area contributed by atoms with Crippen molar-refractivity contribution in [3.8, 4) is 11.5 Å². The Bertz CT molecular complexity index is 451.